The number of anilines is 3. The van der Waals surface area contributed by atoms with Crippen LogP contribution in [0.5, 0.6) is 0 Å². The van der Waals surface area contributed by atoms with E-state index in [9.17, 15) is 0 Å². The normalized spacial score (nSPS) is 19.3. The Morgan fingerprint density at radius 1 is 0.407 bits per heavy atom. The molecule has 0 amide bonds. The summed E-state index contributed by atoms with van der Waals surface area (Å²) in [7, 11) is 0. The first-order valence-corrected chi connectivity index (χ1v) is 19.6. The minimum absolute atomic E-state index is 0.181. The third-order valence-corrected chi connectivity index (χ3v) is 13.0. The largest absolute Gasteiger partial charge is 0.310 e. The Morgan fingerprint density at radius 2 is 0.963 bits per heavy atom. The van der Waals surface area contributed by atoms with Crippen LogP contribution < -0.4 is 4.90 Å². The molecule has 1 nitrogen and oxygen atoms in total. The van der Waals surface area contributed by atoms with Gasteiger partial charge in [-0.05, 0) is 129 Å². The maximum Gasteiger partial charge on any atom is 0.0540 e. The Morgan fingerprint density at radius 3 is 1.65 bits per heavy atom. The van der Waals surface area contributed by atoms with Gasteiger partial charge >= 0.3 is 0 Å². The number of benzene rings is 8. The van der Waals surface area contributed by atoms with E-state index < -0.39 is 0 Å². The third-order valence-electron chi connectivity index (χ3n) is 13.0. The lowest BCUT2D eigenvalue weighted by atomic mass is 9.66. The molecule has 3 unspecified atom stereocenters. The number of fused-ring (bicyclic) bond motifs is 9. The molecule has 3 atom stereocenters. The number of hydrogen-bond acceptors (Lipinski definition) is 1. The molecule has 2 fully saturated rings. The molecule has 8 aromatic carbocycles. The highest BCUT2D eigenvalue weighted by Gasteiger charge is 2.56. The molecule has 1 spiro atoms. The van der Waals surface area contributed by atoms with Gasteiger partial charge in [0.1, 0.15) is 0 Å². The standard InChI is InChI=1S/C53H41N/c1-3-11-37(12-4-1)38-20-26-43(27-21-38)54(52-32-31-45(40-13-5-2-6-14-40)46-15-7-8-17-49(46)52)44-28-22-39(23-29-44)41-24-30-48-47-16-9-10-18-50(47)53(51(48)34-41)35-36-19-25-42(53)33-36/h1-18,20-24,26-32,34,36,42H,19,25,33,35H2. The highest BCUT2D eigenvalue weighted by molar-refractivity contribution is 6.06. The zero-order valence-corrected chi connectivity index (χ0v) is 30.3. The maximum absolute atomic E-state index is 2.56. The summed E-state index contributed by atoms with van der Waals surface area (Å²) in [5.74, 6) is 1.62. The van der Waals surface area contributed by atoms with Crippen LogP contribution in [0.2, 0.25) is 0 Å². The molecule has 2 bridgehead atoms. The predicted molar refractivity (Wildman–Crippen MR) is 227 cm³/mol. The molecule has 11 rings (SSSR count). The van der Waals surface area contributed by atoms with Crippen molar-refractivity contribution < 1.29 is 0 Å². The Bertz CT molecular complexity index is 2660. The van der Waals surface area contributed by atoms with Crippen LogP contribution in [0.4, 0.5) is 17.1 Å². The van der Waals surface area contributed by atoms with E-state index in [0.29, 0.717) is 0 Å². The van der Waals surface area contributed by atoms with Crippen molar-refractivity contribution in [3.63, 3.8) is 0 Å². The highest BCUT2D eigenvalue weighted by atomic mass is 15.1. The van der Waals surface area contributed by atoms with Crippen LogP contribution in [0, 0.1) is 11.8 Å². The molecule has 0 saturated heterocycles. The molecule has 2 saturated carbocycles. The summed E-state index contributed by atoms with van der Waals surface area (Å²) in [5.41, 5.74) is 17.2. The van der Waals surface area contributed by atoms with Crippen molar-refractivity contribution in [1.82, 2.24) is 0 Å². The fourth-order valence-electron chi connectivity index (χ4n) is 10.6. The smallest absolute Gasteiger partial charge is 0.0540 e. The summed E-state index contributed by atoms with van der Waals surface area (Å²) in [6.07, 6.45) is 5.45. The topological polar surface area (TPSA) is 3.24 Å². The van der Waals surface area contributed by atoms with E-state index >= 15 is 0 Å². The van der Waals surface area contributed by atoms with Crippen molar-refractivity contribution in [3.05, 3.63) is 199 Å². The van der Waals surface area contributed by atoms with Crippen LogP contribution in [-0.4, -0.2) is 0 Å². The minimum atomic E-state index is 0.181. The van der Waals surface area contributed by atoms with Gasteiger partial charge in [-0.2, -0.15) is 0 Å². The fraction of sp³-hybridized carbons (Fsp3) is 0.132. The zero-order valence-electron chi connectivity index (χ0n) is 30.3. The van der Waals surface area contributed by atoms with Crippen LogP contribution >= 0.6 is 0 Å². The molecule has 0 aliphatic heterocycles. The summed E-state index contributed by atoms with van der Waals surface area (Å²) < 4.78 is 0. The molecular weight excluding hydrogens is 651 g/mol. The summed E-state index contributed by atoms with van der Waals surface area (Å²) in [4.78, 5) is 2.43. The second kappa shape index (κ2) is 12.5. The van der Waals surface area contributed by atoms with Crippen molar-refractivity contribution >= 4 is 27.8 Å². The Labute approximate surface area is 318 Å². The molecule has 0 heterocycles. The van der Waals surface area contributed by atoms with Crippen molar-refractivity contribution in [3.8, 4) is 44.5 Å². The highest BCUT2D eigenvalue weighted by Crippen LogP contribution is 2.65. The summed E-state index contributed by atoms with van der Waals surface area (Å²) >= 11 is 0. The average Bonchev–Trinajstić information content (AvgIpc) is 3.95. The van der Waals surface area contributed by atoms with Gasteiger partial charge in [0, 0.05) is 22.2 Å². The Kier molecular flexibility index (Phi) is 7.24. The number of nitrogens with zero attached hydrogens (tertiary/aromatic N) is 1. The van der Waals surface area contributed by atoms with Gasteiger partial charge in [-0.15, -0.1) is 0 Å². The van der Waals surface area contributed by atoms with Gasteiger partial charge in [-0.3, -0.25) is 0 Å². The van der Waals surface area contributed by atoms with Gasteiger partial charge in [0.2, 0.25) is 0 Å². The molecule has 0 N–H and O–H groups in total. The molecule has 1 heteroatoms. The minimum Gasteiger partial charge on any atom is -0.310 e. The third kappa shape index (κ3) is 4.85. The van der Waals surface area contributed by atoms with E-state index in [2.05, 4.69) is 193 Å². The van der Waals surface area contributed by atoms with E-state index in [-0.39, 0.29) is 5.41 Å². The van der Waals surface area contributed by atoms with Gasteiger partial charge in [0.25, 0.3) is 0 Å². The molecule has 54 heavy (non-hydrogen) atoms. The van der Waals surface area contributed by atoms with Gasteiger partial charge in [0.15, 0.2) is 0 Å². The molecule has 0 radical (unpaired) electrons. The quantitative estimate of drug-likeness (QED) is 0.168. The SMILES string of the molecule is c1ccc(-c2ccc(N(c3ccc(-c4ccc5c(c4)C4(CC6CCC4C6)c4ccccc4-5)cc3)c3ccc(-c4ccccc4)c4ccccc34)cc2)cc1. The summed E-state index contributed by atoms with van der Waals surface area (Å²) in [6, 6.07) is 69.8. The fourth-order valence-corrected chi connectivity index (χ4v) is 10.6. The van der Waals surface area contributed by atoms with Crippen molar-refractivity contribution in [2.24, 2.45) is 11.8 Å². The first-order chi connectivity index (χ1) is 26.7. The lowest BCUT2D eigenvalue weighted by Gasteiger charge is -2.36. The number of rotatable bonds is 6. The maximum atomic E-state index is 2.56. The second-order valence-corrected chi connectivity index (χ2v) is 15.7. The predicted octanol–water partition coefficient (Wildman–Crippen LogP) is 14.4. The Balaban J connectivity index is 1.02. The van der Waals surface area contributed by atoms with Crippen LogP contribution in [0.25, 0.3) is 55.3 Å². The lowest BCUT2D eigenvalue weighted by molar-refractivity contribution is 0.327. The van der Waals surface area contributed by atoms with E-state index in [1.165, 1.54) is 86.7 Å². The Hall–Kier alpha value is -6.18. The first-order valence-electron chi connectivity index (χ1n) is 19.6. The summed E-state index contributed by atoms with van der Waals surface area (Å²) in [5, 5.41) is 2.47. The first kappa shape index (κ1) is 31.4. The van der Waals surface area contributed by atoms with Crippen LogP contribution in [-0.2, 0) is 5.41 Å². The van der Waals surface area contributed by atoms with Gasteiger partial charge in [-0.1, -0.05) is 158 Å². The lowest BCUT2D eigenvalue weighted by Crippen LogP contribution is -2.31. The van der Waals surface area contributed by atoms with Crippen LogP contribution in [0.1, 0.15) is 36.8 Å². The molecule has 3 aliphatic rings. The van der Waals surface area contributed by atoms with E-state index in [1.807, 2.05) is 0 Å². The summed E-state index contributed by atoms with van der Waals surface area (Å²) in [6.45, 7) is 0. The van der Waals surface area contributed by atoms with Crippen LogP contribution in [0.15, 0.2) is 188 Å². The number of hydrogen-bond donors (Lipinski definition) is 0. The van der Waals surface area contributed by atoms with E-state index in [4.69, 9.17) is 0 Å². The second-order valence-electron chi connectivity index (χ2n) is 15.7. The molecule has 8 aromatic rings. The molecular formula is C53H41N. The zero-order chi connectivity index (χ0) is 35.6. The van der Waals surface area contributed by atoms with Gasteiger partial charge < -0.3 is 4.90 Å². The molecule has 3 aliphatic carbocycles. The van der Waals surface area contributed by atoms with Crippen molar-refractivity contribution in [2.45, 2.75) is 31.1 Å². The molecule has 0 aromatic heterocycles. The average molecular weight is 692 g/mol. The van der Waals surface area contributed by atoms with Crippen molar-refractivity contribution in [2.75, 3.05) is 4.90 Å². The van der Waals surface area contributed by atoms with E-state index in [0.717, 1.165) is 23.2 Å². The molecule has 258 valence electrons. The van der Waals surface area contributed by atoms with Gasteiger partial charge in [-0.25, -0.2) is 0 Å². The monoisotopic (exact) mass is 691 g/mol. The van der Waals surface area contributed by atoms with Crippen molar-refractivity contribution in [1.29, 1.82) is 0 Å². The van der Waals surface area contributed by atoms with Gasteiger partial charge in [0.05, 0.1) is 5.69 Å². The van der Waals surface area contributed by atoms with Crippen LogP contribution in [0.3, 0.4) is 0 Å². The van der Waals surface area contributed by atoms with E-state index in [1.54, 1.807) is 11.1 Å².